The highest BCUT2D eigenvalue weighted by atomic mass is 32.2. The van der Waals surface area contributed by atoms with Gasteiger partial charge in [-0.25, -0.2) is 4.98 Å². The third-order valence-electron chi connectivity index (χ3n) is 4.46. The van der Waals surface area contributed by atoms with E-state index in [4.69, 9.17) is 0 Å². The Bertz CT molecular complexity index is 1100. The lowest BCUT2D eigenvalue weighted by Gasteiger charge is -2.13. The highest BCUT2D eigenvalue weighted by Gasteiger charge is 2.21. The van der Waals surface area contributed by atoms with E-state index in [9.17, 15) is 9.59 Å². The fraction of sp³-hybridized carbons (Fsp3) is 0.227. The Morgan fingerprint density at radius 1 is 1.14 bits per heavy atom. The average Bonchev–Trinajstić information content (AvgIpc) is 3.12. The van der Waals surface area contributed by atoms with Crippen LogP contribution in [0.1, 0.15) is 51.4 Å². The van der Waals surface area contributed by atoms with Crippen LogP contribution in [0.5, 0.6) is 0 Å². The standard InChI is InChI=1S/C22H21N3O2S2/c1-22(2,3)21-24-12-14(28-21)11-23-19(26)13-8-9-18-16(10-13)25-20(27)15-6-4-5-7-17(15)29-18/h4-10,12H,11H2,1-3H3,(H,23,26)(H,25,27). The van der Waals surface area contributed by atoms with Crippen LogP contribution in [-0.4, -0.2) is 16.8 Å². The van der Waals surface area contributed by atoms with Gasteiger partial charge < -0.3 is 10.6 Å². The highest BCUT2D eigenvalue weighted by Crippen LogP contribution is 2.39. The maximum atomic E-state index is 12.6. The largest absolute Gasteiger partial charge is 0.347 e. The van der Waals surface area contributed by atoms with Gasteiger partial charge in [-0.1, -0.05) is 44.7 Å². The van der Waals surface area contributed by atoms with E-state index in [0.717, 1.165) is 19.7 Å². The van der Waals surface area contributed by atoms with Crippen molar-refractivity contribution in [2.24, 2.45) is 0 Å². The molecule has 2 amide bonds. The molecule has 0 aliphatic carbocycles. The van der Waals surface area contributed by atoms with E-state index in [0.29, 0.717) is 23.4 Å². The van der Waals surface area contributed by atoms with Crippen LogP contribution in [0.15, 0.2) is 58.5 Å². The van der Waals surface area contributed by atoms with Gasteiger partial charge in [-0.05, 0) is 30.3 Å². The molecule has 2 aromatic carbocycles. The zero-order valence-electron chi connectivity index (χ0n) is 16.4. The molecule has 29 heavy (non-hydrogen) atoms. The number of amides is 2. The molecule has 1 aromatic heterocycles. The van der Waals surface area contributed by atoms with Gasteiger partial charge >= 0.3 is 0 Å². The number of nitrogens with one attached hydrogen (secondary N) is 2. The summed E-state index contributed by atoms with van der Waals surface area (Å²) in [6.45, 7) is 6.79. The van der Waals surface area contributed by atoms with Crippen LogP contribution in [0.2, 0.25) is 0 Å². The number of hydrogen-bond acceptors (Lipinski definition) is 5. The smallest absolute Gasteiger partial charge is 0.256 e. The summed E-state index contributed by atoms with van der Waals surface area (Å²) >= 11 is 3.13. The highest BCUT2D eigenvalue weighted by molar-refractivity contribution is 7.99. The van der Waals surface area contributed by atoms with Crippen molar-refractivity contribution in [2.75, 3.05) is 5.32 Å². The van der Waals surface area contributed by atoms with Gasteiger partial charge in [-0.15, -0.1) is 11.3 Å². The Balaban J connectivity index is 1.49. The van der Waals surface area contributed by atoms with Crippen LogP contribution in [0.3, 0.4) is 0 Å². The van der Waals surface area contributed by atoms with Gasteiger partial charge in [0.05, 0.1) is 22.8 Å². The number of nitrogens with zero attached hydrogens (tertiary/aromatic N) is 1. The van der Waals surface area contributed by atoms with Gasteiger partial charge in [0, 0.05) is 31.8 Å². The van der Waals surface area contributed by atoms with Crippen molar-refractivity contribution in [1.82, 2.24) is 10.3 Å². The maximum Gasteiger partial charge on any atom is 0.256 e. The van der Waals surface area contributed by atoms with Crippen LogP contribution < -0.4 is 10.6 Å². The number of carbonyl (C=O) groups excluding carboxylic acids is 2. The lowest BCUT2D eigenvalue weighted by molar-refractivity contribution is 0.0949. The Labute approximate surface area is 178 Å². The van der Waals surface area contributed by atoms with E-state index in [1.807, 2.05) is 30.5 Å². The molecule has 0 atom stereocenters. The quantitative estimate of drug-likeness (QED) is 0.616. The monoisotopic (exact) mass is 423 g/mol. The molecule has 0 fully saturated rings. The first-order valence-electron chi connectivity index (χ1n) is 9.27. The van der Waals surface area contributed by atoms with Crippen molar-refractivity contribution in [3.63, 3.8) is 0 Å². The van der Waals surface area contributed by atoms with E-state index in [2.05, 4.69) is 36.4 Å². The van der Waals surface area contributed by atoms with Crippen molar-refractivity contribution >= 4 is 40.6 Å². The first kappa shape index (κ1) is 19.7. The number of fused-ring (bicyclic) bond motifs is 2. The molecule has 2 heterocycles. The third-order valence-corrected chi connectivity index (χ3v) is 7.03. The molecule has 0 unspecified atom stereocenters. The fourth-order valence-electron chi connectivity index (χ4n) is 2.91. The van der Waals surface area contributed by atoms with Crippen LogP contribution in [0.4, 0.5) is 5.69 Å². The number of thiazole rings is 1. The van der Waals surface area contributed by atoms with Gasteiger partial charge in [0.1, 0.15) is 0 Å². The zero-order valence-corrected chi connectivity index (χ0v) is 18.0. The summed E-state index contributed by atoms with van der Waals surface area (Å²) < 4.78 is 0. The molecular formula is C22H21N3O2S2. The summed E-state index contributed by atoms with van der Waals surface area (Å²) in [6.07, 6.45) is 1.82. The molecule has 3 aromatic rings. The molecule has 148 valence electrons. The van der Waals surface area contributed by atoms with Crippen LogP contribution in [0.25, 0.3) is 0 Å². The van der Waals surface area contributed by atoms with Crippen molar-refractivity contribution < 1.29 is 9.59 Å². The van der Waals surface area contributed by atoms with E-state index < -0.39 is 0 Å². The van der Waals surface area contributed by atoms with Crippen molar-refractivity contribution in [2.45, 2.75) is 42.5 Å². The van der Waals surface area contributed by atoms with Crippen molar-refractivity contribution in [1.29, 1.82) is 0 Å². The normalized spacial score (nSPS) is 13.1. The van der Waals surface area contributed by atoms with Gasteiger partial charge in [0.15, 0.2) is 0 Å². The molecular weight excluding hydrogens is 402 g/mol. The average molecular weight is 424 g/mol. The number of hydrogen-bond donors (Lipinski definition) is 2. The minimum absolute atomic E-state index is 0.00260. The van der Waals surface area contributed by atoms with E-state index in [1.165, 1.54) is 11.8 Å². The fourth-order valence-corrected chi connectivity index (χ4v) is 4.83. The molecule has 0 bridgehead atoms. The Morgan fingerprint density at radius 3 is 2.69 bits per heavy atom. The summed E-state index contributed by atoms with van der Waals surface area (Å²) in [5.74, 6) is -0.344. The molecule has 0 saturated carbocycles. The third kappa shape index (κ3) is 4.21. The summed E-state index contributed by atoms with van der Waals surface area (Å²) in [6, 6.07) is 12.9. The Hall–Kier alpha value is -2.64. The van der Waals surface area contributed by atoms with Crippen LogP contribution in [0, 0.1) is 0 Å². The van der Waals surface area contributed by atoms with Crippen molar-refractivity contribution in [3.8, 4) is 0 Å². The second-order valence-electron chi connectivity index (χ2n) is 7.83. The molecule has 0 radical (unpaired) electrons. The minimum atomic E-state index is -0.181. The molecule has 4 rings (SSSR count). The topological polar surface area (TPSA) is 71.1 Å². The second kappa shape index (κ2) is 7.65. The number of rotatable bonds is 3. The van der Waals surface area contributed by atoms with E-state index in [-0.39, 0.29) is 17.2 Å². The van der Waals surface area contributed by atoms with Crippen LogP contribution >= 0.6 is 23.1 Å². The van der Waals surface area contributed by atoms with Gasteiger partial charge in [0.25, 0.3) is 11.8 Å². The summed E-state index contributed by atoms with van der Waals surface area (Å²) in [5, 5.41) is 6.91. The molecule has 0 saturated heterocycles. The SMILES string of the molecule is CC(C)(C)c1ncc(CNC(=O)c2ccc3c(c2)NC(=O)c2ccccc2S3)s1. The predicted molar refractivity (Wildman–Crippen MR) is 117 cm³/mol. The molecule has 2 N–H and O–H groups in total. The minimum Gasteiger partial charge on any atom is -0.347 e. The lowest BCUT2D eigenvalue weighted by atomic mass is 9.98. The zero-order chi connectivity index (χ0) is 20.6. The number of anilines is 1. The molecule has 0 spiro atoms. The lowest BCUT2D eigenvalue weighted by Crippen LogP contribution is -2.22. The Morgan fingerprint density at radius 2 is 1.93 bits per heavy atom. The molecule has 7 heteroatoms. The summed E-state index contributed by atoms with van der Waals surface area (Å²) in [4.78, 5) is 32.4. The predicted octanol–water partition coefficient (Wildman–Crippen LogP) is 5.09. The van der Waals surface area contributed by atoms with E-state index in [1.54, 1.807) is 29.5 Å². The summed E-state index contributed by atoms with van der Waals surface area (Å²) in [7, 11) is 0. The molecule has 1 aliphatic rings. The first-order valence-corrected chi connectivity index (χ1v) is 10.9. The second-order valence-corrected chi connectivity index (χ2v) is 10.0. The van der Waals surface area contributed by atoms with Gasteiger partial charge in [0.2, 0.25) is 0 Å². The Kier molecular flexibility index (Phi) is 5.19. The number of carbonyl (C=O) groups is 2. The number of aromatic nitrogens is 1. The maximum absolute atomic E-state index is 12.6. The van der Waals surface area contributed by atoms with Gasteiger partial charge in [-0.2, -0.15) is 0 Å². The molecule has 5 nitrogen and oxygen atoms in total. The van der Waals surface area contributed by atoms with Gasteiger partial charge in [-0.3, -0.25) is 9.59 Å². The van der Waals surface area contributed by atoms with E-state index >= 15 is 0 Å². The number of benzene rings is 2. The van der Waals surface area contributed by atoms with Crippen molar-refractivity contribution in [3.05, 3.63) is 69.7 Å². The first-order chi connectivity index (χ1) is 13.8. The van der Waals surface area contributed by atoms with Crippen LogP contribution in [-0.2, 0) is 12.0 Å². The molecule has 1 aliphatic heterocycles. The summed E-state index contributed by atoms with van der Waals surface area (Å²) in [5.41, 5.74) is 1.80.